The van der Waals surface area contributed by atoms with Crippen molar-refractivity contribution in [1.29, 1.82) is 0 Å². The van der Waals surface area contributed by atoms with Crippen molar-refractivity contribution in [3.8, 4) is 11.5 Å². The predicted molar refractivity (Wildman–Crippen MR) is 96.9 cm³/mol. The molecule has 0 aromatic heterocycles. The van der Waals surface area contributed by atoms with Crippen LogP contribution in [0.5, 0.6) is 11.5 Å². The minimum absolute atomic E-state index is 0.112. The second-order valence-corrected chi connectivity index (χ2v) is 6.32. The Morgan fingerprint density at radius 1 is 1.04 bits per heavy atom. The first-order valence-electron chi connectivity index (χ1n) is 8.35. The standard InChI is InChI=1S/C18H29N3O4/c1-11(2)10-19-18(23)21-17(22)13(4)20-12(3)14-7-8-15(24-5)16(9-14)25-6/h7-9,11-13,20H,10H2,1-6H3,(H2,19,21,22,23)/t12-,13-/m0/s1. The average Bonchev–Trinajstić information content (AvgIpc) is 2.58. The third-order valence-electron chi connectivity index (χ3n) is 3.71. The van der Waals surface area contributed by atoms with E-state index in [9.17, 15) is 9.59 Å². The molecule has 140 valence electrons. The number of ether oxygens (including phenoxy) is 2. The van der Waals surface area contributed by atoms with Crippen LogP contribution < -0.4 is 25.4 Å². The lowest BCUT2D eigenvalue weighted by Gasteiger charge is -2.21. The van der Waals surface area contributed by atoms with E-state index in [2.05, 4.69) is 16.0 Å². The Labute approximate surface area is 149 Å². The Morgan fingerprint density at radius 2 is 1.68 bits per heavy atom. The molecule has 3 N–H and O–H groups in total. The molecule has 3 amide bonds. The number of hydrogen-bond acceptors (Lipinski definition) is 5. The number of methoxy groups -OCH3 is 2. The molecule has 25 heavy (non-hydrogen) atoms. The zero-order chi connectivity index (χ0) is 19.0. The SMILES string of the molecule is COc1ccc([C@H](C)N[C@@H](C)C(=O)NC(=O)NCC(C)C)cc1OC. The monoisotopic (exact) mass is 351 g/mol. The van der Waals surface area contributed by atoms with Crippen LogP contribution in [0, 0.1) is 5.92 Å². The molecular formula is C18H29N3O4. The Bertz CT molecular complexity index is 590. The van der Waals surface area contributed by atoms with Crippen molar-refractivity contribution < 1.29 is 19.1 Å². The Kier molecular flexibility index (Phi) is 8.21. The van der Waals surface area contributed by atoms with Crippen LogP contribution in [0.3, 0.4) is 0 Å². The molecule has 0 heterocycles. The average molecular weight is 351 g/mol. The lowest BCUT2D eigenvalue weighted by Crippen LogP contribution is -2.49. The van der Waals surface area contributed by atoms with Gasteiger partial charge in [-0.3, -0.25) is 15.4 Å². The molecule has 0 spiro atoms. The maximum absolute atomic E-state index is 12.1. The van der Waals surface area contributed by atoms with E-state index in [0.717, 1.165) is 5.56 Å². The highest BCUT2D eigenvalue weighted by Gasteiger charge is 2.19. The molecule has 0 aliphatic carbocycles. The van der Waals surface area contributed by atoms with E-state index in [0.29, 0.717) is 24.0 Å². The second-order valence-electron chi connectivity index (χ2n) is 6.32. The van der Waals surface area contributed by atoms with Crippen molar-refractivity contribution in [3.05, 3.63) is 23.8 Å². The third kappa shape index (κ3) is 6.62. The van der Waals surface area contributed by atoms with Crippen molar-refractivity contribution in [2.45, 2.75) is 39.8 Å². The zero-order valence-corrected chi connectivity index (χ0v) is 15.8. The molecule has 1 aromatic rings. The number of urea groups is 1. The fourth-order valence-corrected chi connectivity index (χ4v) is 2.23. The van der Waals surface area contributed by atoms with Crippen LogP contribution in [0.4, 0.5) is 4.79 Å². The molecule has 1 aromatic carbocycles. The van der Waals surface area contributed by atoms with Crippen LogP contribution in [0.15, 0.2) is 18.2 Å². The molecule has 0 aliphatic heterocycles. The fourth-order valence-electron chi connectivity index (χ4n) is 2.23. The molecule has 1 rings (SSSR count). The van der Waals surface area contributed by atoms with E-state index in [1.807, 2.05) is 39.0 Å². The number of hydrogen-bond donors (Lipinski definition) is 3. The summed E-state index contributed by atoms with van der Waals surface area (Å²) < 4.78 is 10.5. The normalized spacial score (nSPS) is 13.1. The summed E-state index contributed by atoms with van der Waals surface area (Å²) in [6, 6.07) is 4.45. The van der Waals surface area contributed by atoms with Crippen molar-refractivity contribution in [1.82, 2.24) is 16.0 Å². The summed E-state index contributed by atoms with van der Waals surface area (Å²) >= 11 is 0. The number of carbonyl (C=O) groups excluding carboxylic acids is 2. The molecular weight excluding hydrogens is 322 g/mol. The minimum atomic E-state index is -0.534. The second kappa shape index (κ2) is 9.88. The van der Waals surface area contributed by atoms with Gasteiger partial charge >= 0.3 is 6.03 Å². The maximum atomic E-state index is 12.1. The summed E-state index contributed by atoms with van der Waals surface area (Å²) in [7, 11) is 3.15. The Balaban J connectivity index is 2.62. The molecule has 0 bridgehead atoms. The highest BCUT2D eigenvalue weighted by Crippen LogP contribution is 2.29. The number of carbonyl (C=O) groups is 2. The largest absolute Gasteiger partial charge is 0.493 e. The molecule has 0 radical (unpaired) electrons. The highest BCUT2D eigenvalue weighted by molar-refractivity contribution is 5.96. The summed E-state index contributed by atoms with van der Waals surface area (Å²) in [5.41, 5.74) is 0.946. The van der Waals surface area contributed by atoms with Gasteiger partial charge in [-0.15, -0.1) is 0 Å². The Morgan fingerprint density at radius 3 is 2.24 bits per heavy atom. The van der Waals surface area contributed by atoms with E-state index in [-0.39, 0.29) is 11.9 Å². The molecule has 0 saturated carbocycles. The first kappa shape index (κ1) is 20.8. The van der Waals surface area contributed by atoms with E-state index in [1.54, 1.807) is 21.1 Å². The summed E-state index contributed by atoms with van der Waals surface area (Å²) in [5, 5.41) is 8.15. The minimum Gasteiger partial charge on any atom is -0.493 e. The molecule has 7 nitrogen and oxygen atoms in total. The smallest absolute Gasteiger partial charge is 0.321 e. The number of benzene rings is 1. The van der Waals surface area contributed by atoms with Crippen LogP contribution >= 0.6 is 0 Å². The van der Waals surface area contributed by atoms with Gasteiger partial charge < -0.3 is 14.8 Å². The van der Waals surface area contributed by atoms with Crippen molar-refractivity contribution in [3.63, 3.8) is 0 Å². The summed E-state index contributed by atoms with van der Waals surface area (Å²) in [4.78, 5) is 23.8. The van der Waals surface area contributed by atoms with Crippen LogP contribution in [0.1, 0.15) is 39.3 Å². The summed E-state index contributed by atoms with van der Waals surface area (Å²) in [5.74, 6) is 1.21. The van der Waals surface area contributed by atoms with Crippen LogP contribution in [-0.2, 0) is 4.79 Å². The van der Waals surface area contributed by atoms with Gasteiger partial charge in [-0.1, -0.05) is 19.9 Å². The molecule has 0 unspecified atom stereocenters. The summed E-state index contributed by atoms with van der Waals surface area (Å²) in [6.45, 7) is 8.13. The van der Waals surface area contributed by atoms with Gasteiger partial charge in [0, 0.05) is 12.6 Å². The quantitative estimate of drug-likeness (QED) is 0.668. The first-order valence-corrected chi connectivity index (χ1v) is 8.35. The molecule has 0 fully saturated rings. The fraction of sp³-hybridized carbons (Fsp3) is 0.556. The van der Waals surface area contributed by atoms with Gasteiger partial charge in [0.15, 0.2) is 11.5 Å². The van der Waals surface area contributed by atoms with E-state index in [4.69, 9.17) is 9.47 Å². The topological polar surface area (TPSA) is 88.7 Å². The molecule has 7 heteroatoms. The van der Waals surface area contributed by atoms with Crippen molar-refractivity contribution in [2.75, 3.05) is 20.8 Å². The number of imide groups is 1. The van der Waals surface area contributed by atoms with E-state index < -0.39 is 12.1 Å². The highest BCUT2D eigenvalue weighted by atomic mass is 16.5. The number of nitrogens with one attached hydrogen (secondary N) is 3. The van der Waals surface area contributed by atoms with Crippen LogP contribution in [0.25, 0.3) is 0 Å². The van der Waals surface area contributed by atoms with E-state index >= 15 is 0 Å². The van der Waals surface area contributed by atoms with Gasteiger partial charge in [-0.05, 0) is 37.5 Å². The molecule has 2 atom stereocenters. The summed E-state index contributed by atoms with van der Waals surface area (Å²) in [6.07, 6.45) is 0. The van der Waals surface area contributed by atoms with Gasteiger partial charge in [-0.25, -0.2) is 4.79 Å². The van der Waals surface area contributed by atoms with Crippen LogP contribution in [-0.4, -0.2) is 38.7 Å². The lowest BCUT2D eigenvalue weighted by molar-refractivity contribution is -0.121. The van der Waals surface area contributed by atoms with Gasteiger partial charge in [0.25, 0.3) is 0 Å². The lowest BCUT2D eigenvalue weighted by atomic mass is 10.1. The third-order valence-corrected chi connectivity index (χ3v) is 3.71. The first-order chi connectivity index (χ1) is 11.8. The van der Waals surface area contributed by atoms with Gasteiger partial charge in [0.1, 0.15) is 0 Å². The zero-order valence-electron chi connectivity index (χ0n) is 15.8. The maximum Gasteiger partial charge on any atom is 0.321 e. The molecule has 0 saturated heterocycles. The number of rotatable bonds is 8. The molecule has 0 aliphatic rings. The predicted octanol–water partition coefficient (Wildman–Crippen LogP) is 2.22. The number of amides is 3. The van der Waals surface area contributed by atoms with E-state index in [1.165, 1.54) is 0 Å². The van der Waals surface area contributed by atoms with Gasteiger partial charge in [0.05, 0.1) is 20.3 Å². The van der Waals surface area contributed by atoms with Gasteiger partial charge in [-0.2, -0.15) is 0 Å². The van der Waals surface area contributed by atoms with Gasteiger partial charge in [0.2, 0.25) is 5.91 Å². The van der Waals surface area contributed by atoms with Crippen molar-refractivity contribution >= 4 is 11.9 Å². The van der Waals surface area contributed by atoms with Crippen LogP contribution in [0.2, 0.25) is 0 Å². The van der Waals surface area contributed by atoms with Crippen molar-refractivity contribution in [2.24, 2.45) is 5.92 Å². The Hall–Kier alpha value is -2.28.